The lowest BCUT2D eigenvalue weighted by molar-refractivity contribution is 0.694. The van der Waals surface area contributed by atoms with E-state index >= 15 is 0 Å². The second-order valence-electron chi connectivity index (χ2n) is 2.96. The predicted molar refractivity (Wildman–Crippen MR) is 53.6 cm³/mol. The fraction of sp³-hybridized carbons (Fsp3) is 0.444. The minimum absolute atomic E-state index is 0.121. The Bertz CT molecular complexity index is 317. The zero-order chi connectivity index (χ0) is 9.14. The van der Waals surface area contributed by atoms with Crippen LogP contribution in [0.25, 0.3) is 0 Å². The molecule has 0 spiro atoms. The van der Waals surface area contributed by atoms with Gasteiger partial charge >= 0.3 is 0 Å². The molecule has 0 aromatic carbocycles. The van der Waals surface area contributed by atoms with Crippen LogP contribution in [-0.2, 0) is 0 Å². The van der Waals surface area contributed by atoms with E-state index in [9.17, 15) is 0 Å². The van der Waals surface area contributed by atoms with Crippen LogP contribution < -0.4 is 5.73 Å². The van der Waals surface area contributed by atoms with E-state index < -0.39 is 0 Å². The first kappa shape index (κ1) is 9.42. The molecule has 1 aromatic rings. The molecule has 0 aliphatic rings. The Morgan fingerprint density at radius 2 is 2.33 bits per heavy atom. The largest absolute Gasteiger partial charge is 0.352 e. The summed E-state index contributed by atoms with van der Waals surface area (Å²) in [7, 11) is 0. The minimum atomic E-state index is 0.121. The number of hydrogen-bond acceptors (Lipinski definition) is 2. The maximum Gasteiger partial charge on any atom is 0.106 e. The normalized spacial score (nSPS) is 12.9. The highest BCUT2D eigenvalue weighted by molar-refractivity contribution is 7.71. The van der Waals surface area contributed by atoms with Crippen molar-refractivity contribution in [2.45, 2.75) is 26.3 Å². The zero-order valence-corrected chi connectivity index (χ0v) is 8.24. The molecule has 0 fully saturated rings. The fourth-order valence-corrected chi connectivity index (χ4v) is 1.19. The molecule has 0 radical (unpaired) electrons. The third kappa shape index (κ3) is 1.93. The van der Waals surface area contributed by atoms with Crippen LogP contribution in [0.4, 0.5) is 0 Å². The van der Waals surface area contributed by atoms with Crippen molar-refractivity contribution in [3.63, 3.8) is 0 Å². The number of pyridine rings is 1. The maximum atomic E-state index is 5.86. The van der Waals surface area contributed by atoms with Gasteiger partial charge in [0.2, 0.25) is 0 Å². The minimum Gasteiger partial charge on any atom is -0.352 e. The second-order valence-corrected chi connectivity index (χ2v) is 3.37. The molecule has 0 aliphatic heterocycles. The molecular weight excluding hydrogens is 168 g/mol. The Morgan fingerprint density at radius 3 is 2.83 bits per heavy atom. The van der Waals surface area contributed by atoms with Crippen LogP contribution in [0.3, 0.4) is 0 Å². The fourth-order valence-electron chi connectivity index (χ4n) is 1.07. The first-order valence-electron chi connectivity index (χ1n) is 4.10. The molecule has 3 N–H and O–H groups in total. The summed E-state index contributed by atoms with van der Waals surface area (Å²) in [6, 6.07) is 2.17. The third-order valence-electron chi connectivity index (χ3n) is 1.98. The van der Waals surface area contributed by atoms with Crippen LogP contribution in [-0.4, -0.2) is 4.98 Å². The van der Waals surface area contributed by atoms with Crippen molar-refractivity contribution >= 4 is 12.2 Å². The number of nitrogens with one attached hydrogen (secondary N) is 1. The van der Waals surface area contributed by atoms with E-state index in [1.807, 2.05) is 19.2 Å². The van der Waals surface area contributed by atoms with Gasteiger partial charge in [0.15, 0.2) is 0 Å². The third-order valence-corrected chi connectivity index (χ3v) is 2.42. The Labute approximate surface area is 77.8 Å². The van der Waals surface area contributed by atoms with E-state index in [1.165, 1.54) is 0 Å². The number of aromatic amines is 1. The lowest BCUT2D eigenvalue weighted by Gasteiger charge is -2.09. The van der Waals surface area contributed by atoms with Crippen molar-refractivity contribution in [2.75, 3.05) is 0 Å². The molecule has 0 bridgehead atoms. The van der Waals surface area contributed by atoms with Gasteiger partial charge in [0.1, 0.15) is 4.64 Å². The van der Waals surface area contributed by atoms with Crippen LogP contribution in [0.2, 0.25) is 0 Å². The molecule has 1 heterocycles. The van der Waals surface area contributed by atoms with Gasteiger partial charge in [-0.3, -0.25) is 0 Å². The van der Waals surface area contributed by atoms with Gasteiger partial charge in [0.25, 0.3) is 0 Å². The Hall–Kier alpha value is -0.670. The molecule has 66 valence electrons. The van der Waals surface area contributed by atoms with Gasteiger partial charge in [0, 0.05) is 12.2 Å². The molecule has 0 saturated heterocycles. The van der Waals surface area contributed by atoms with E-state index in [0.717, 1.165) is 22.2 Å². The lowest BCUT2D eigenvalue weighted by atomic mass is 10.1. The summed E-state index contributed by atoms with van der Waals surface area (Å²) in [5, 5.41) is 0. The first-order chi connectivity index (χ1) is 5.65. The van der Waals surface area contributed by atoms with Gasteiger partial charge in [-0.25, -0.2) is 0 Å². The van der Waals surface area contributed by atoms with Crippen molar-refractivity contribution in [3.05, 3.63) is 28.0 Å². The van der Waals surface area contributed by atoms with Gasteiger partial charge in [-0.2, -0.15) is 0 Å². The number of aryl methyl sites for hydroxylation is 1. The van der Waals surface area contributed by atoms with Crippen molar-refractivity contribution in [1.82, 2.24) is 4.98 Å². The summed E-state index contributed by atoms with van der Waals surface area (Å²) >= 11 is 5.04. The van der Waals surface area contributed by atoms with E-state index in [-0.39, 0.29) is 6.04 Å². The summed E-state index contributed by atoms with van der Waals surface area (Å²) in [6.07, 6.45) is 2.84. The van der Waals surface area contributed by atoms with Crippen molar-refractivity contribution < 1.29 is 0 Å². The van der Waals surface area contributed by atoms with E-state index in [4.69, 9.17) is 18.0 Å². The topological polar surface area (TPSA) is 41.8 Å². The van der Waals surface area contributed by atoms with E-state index in [1.54, 1.807) is 0 Å². The van der Waals surface area contributed by atoms with Crippen LogP contribution >= 0.6 is 12.2 Å². The highest BCUT2D eigenvalue weighted by atomic mass is 32.1. The van der Waals surface area contributed by atoms with Crippen LogP contribution in [0.15, 0.2) is 12.3 Å². The van der Waals surface area contributed by atoms with Crippen molar-refractivity contribution in [1.29, 1.82) is 0 Å². The van der Waals surface area contributed by atoms with E-state index in [0.29, 0.717) is 0 Å². The molecule has 2 nitrogen and oxygen atoms in total. The smallest absolute Gasteiger partial charge is 0.106 e. The highest BCUT2D eigenvalue weighted by Crippen LogP contribution is 2.13. The summed E-state index contributed by atoms with van der Waals surface area (Å²) in [5.41, 5.74) is 8.08. The summed E-state index contributed by atoms with van der Waals surface area (Å²) < 4.78 is 0.794. The standard InChI is InChI=1S/C9H14N2S/c1-3-8(10)7-4-6(2)9(12)11-5-7/h4-5,8H,3,10H2,1-2H3,(H,11,12)/t8-/m0/s1. The van der Waals surface area contributed by atoms with E-state index in [2.05, 4.69) is 11.9 Å². The van der Waals surface area contributed by atoms with Crippen LogP contribution in [0, 0.1) is 11.6 Å². The molecule has 0 amide bonds. The SMILES string of the molecule is CC[C@H](N)c1c[nH]c(=S)c(C)c1. The van der Waals surface area contributed by atoms with Gasteiger partial charge in [0.05, 0.1) is 0 Å². The first-order valence-corrected chi connectivity index (χ1v) is 4.50. The molecule has 3 heteroatoms. The Morgan fingerprint density at radius 1 is 1.67 bits per heavy atom. The number of H-pyrrole nitrogens is 1. The number of nitrogens with two attached hydrogens (primary N) is 1. The monoisotopic (exact) mass is 182 g/mol. The highest BCUT2D eigenvalue weighted by Gasteiger charge is 2.02. The predicted octanol–water partition coefficient (Wildman–Crippen LogP) is 2.46. The van der Waals surface area contributed by atoms with Gasteiger partial charge < -0.3 is 10.7 Å². The van der Waals surface area contributed by atoms with Gasteiger partial charge in [-0.05, 0) is 24.5 Å². The van der Waals surface area contributed by atoms with Gasteiger partial charge in [-0.15, -0.1) is 0 Å². The lowest BCUT2D eigenvalue weighted by Crippen LogP contribution is -2.09. The van der Waals surface area contributed by atoms with Gasteiger partial charge in [-0.1, -0.05) is 25.2 Å². The average Bonchev–Trinajstić information content (AvgIpc) is 2.08. The quantitative estimate of drug-likeness (QED) is 0.690. The number of aromatic nitrogens is 1. The summed E-state index contributed by atoms with van der Waals surface area (Å²) in [5.74, 6) is 0. The molecule has 1 aromatic heterocycles. The molecule has 1 rings (SSSR count). The molecule has 0 unspecified atom stereocenters. The molecule has 12 heavy (non-hydrogen) atoms. The molecular formula is C9H14N2S. The number of rotatable bonds is 2. The zero-order valence-electron chi connectivity index (χ0n) is 7.42. The Kier molecular flexibility index (Phi) is 3.00. The summed E-state index contributed by atoms with van der Waals surface area (Å²) in [6.45, 7) is 4.06. The Balaban J connectivity index is 3.04. The summed E-state index contributed by atoms with van der Waals surface area (Å²) in [4.78, 5) is 3.02. The van der Waals surface area contributed by atoms with Crippen molar-refractivity contribution in [3.8, 4) is 0 Å². The number of hydrogen-bond donors (Lipinski definition) is 2. The van der Waals surface area contributed by atoms with Crippen LogP contribution in [0.1, 0.15) is 30.5 Å². The molecule has 0 aliphatic carbocycles. The second kappa shape index (κ2) is 3.83. The molecule has 1 atom stereocenters. The maximum absolute atomic E-state index is 5.86. The molecule has 0 saturated carbocycles. The average molecular weight is 182 g/mol. The van der Waals surface area contributed by atoms with Crippen molar-refractivity contribution in [2.24, 2.45) is 5.73 Å². The van der Waals surface area contributed by atoms with Crippen LogP contribution in [0.5, 0.6) is 0 Å².